The average molecular weight is 312 g/mol. The number of aromatic nitrogens is 1. The van der Waals surface area contributed by atoms with Gasteiger partial charge in [-0.1, -0.05) is 36.4 Å². The summed E-state index contributed by atoms with van der Waals surface area (Å²) >= 11 is 5.58. The van der Waals surface area contributed by atoms with Crippen LogP contribution in [-0.2, 0) is 7.05 Å². The first kappa shape index (κ1) is 14.5. The molecule has 3 nitrogen and oxygen atoms in total. The Hall–Kier alpha value is -2.39. The summed E-state index contributed by atoms with van der Waals surface area (Å²) in [6.07, 6.45) is 1.66. The fourth-order valence-electron chi connectivity index (χ4n) is 2.53. The van der Waals surface area contributed by atoms with Gasteiger partial charge in [0.25, 0.3) is 0 Å². The van der Waals surface area contributed by atoms with E-state index < -0.39 is 0 Å². The van der Waals surface area contributed by atoms with Gasteiger partial charge in [0, 0.05) is 24.4 Å². The van der Waals surface area contributed by atoms with E-state index in [-0.39, 0.29) is 17.4 Å². The molecule has 0 N–H and O–H groups in total. The van der Waals surface area contributed by atoms with E-state index in [9.17, 15) is 9.59 Å². The van der Waals surface area contributed by atoms with Crippen molar-refractivity contribution >= 4 is 33.9 Å². The van der Waals surface area contributed by atoms with Crippen molar-refractivity contribution in [3.63, 3.8) is 0 Å². The number of carbonyl (C=O) groups excluding carboxylic acids is 2. The monoisotopic (exact) mass is 311 g/mol. The molecule has 3 rings (SSSR count). The summed E-state index contributed by atoms with van der Waals surface area (Å²) in [6.45, 7) is 0. The van der Waals surface area contributed by atoms with E-state index in [4.69, 9.17) is 11.6 Å². The fraction of sp³-hybridized carbons (Fsp3) is 0.111. The molecule has 1 heterocycles. The van der Waals surface area contributed by atoms with Crippen LogP contribution in [0.1, 0.15) is 26.4 Å². The Bertz CT molecular complexity index is 880. The van der Waals surface area contributed by atoms with Crippen LogP contribution in [-0.4, -0.2) is 22.0 Å². The predicted molar refractivity (Wildman–Crippen MR) is 87.8 cm³/mol. The maximum absolute atomic E-state index is 12.6. The highest BCUT2D eigenvalue weighted by Gasteiger charge is 2.16. The van der Waals surface area contributed by atoms with Gasteiger partial charge in [-0.2, -0.15) is 0 Å². The molecule has 0 bridgehead atoms. The number of fused-ring (bicyclic) bond motifs is 1. The first-order valence-corrected chi connectivity index (χ1v) is 7.42. The highest BCUT2D eigenvalue weighted by Crippen LogP contribution is 2.19. The standard InChI is InChI=1S/C18H14ClNO2/c1-20-11-15(9-16(20)17(21)10-19)18(22)14-7-6-12-4-2-3-5-13(12)8-14/h2-9,11H,10H2,1H3. The van der Waals surface area contributed by atoms with E-state index in [1.54, 1.807) is 29.9 Å². The molecule has 0 atom stereocenters. The van der Waals surface area contributed by atoms with Crippen molar-refractivity contribution in [2.45, 2.75) is 0 Å². The van der Waals surface area contributed by atoms with E-state index in [0.29, 0.717) is 16.8 Å². The van der Waals surface area contributed by atoms with Crippen molar-refractivity contribution in [3.8, 4) is 0 Å². The summed E-state index contributed by atoms with van der Waals surface area (Å²) < 4.78 is 1.64. The number of Topliss-reactive ketones (excluding diaryl/α,β-unsaturated/α-hetero) is 1. The second kappa shape index (κ2) is 5.78. The lowest BCUT2D eigenvalue weighted by atomic mass is 10.0. The Morgan fingerprint density at radius 1 is 1.00 bits per heavy atom. The maximum atomic E-state index is 12.6. The van der Waals surface area contributed by atoms with Crippen molar-refractivity contribution in [3.05, 3.63) is 71.5 Å². The molecule has 0 fully saturated rings. The molecular formula is C18H14ClNO2. The third kappa shape index (κ3) is 2.55. The molecule has 110 valence electrons. The molecular weight excluding hydrogens is 298 g/mol. The summed E-state index contributed by atoms with van der Waals surface area (Å²) in [7, 11) is 1.73. The summed E-state index contributed by atoms with van der Waals surface area (Å²) in [5.41, 5.74) is 1.54. The Labute approximate surface area is 133 Å². The normalized spacial score (nSPS) is 10.8. The second-order valence-electron chi connectivity index (χ2n) is 5.17. The lowest BCUT2D eigenvalue weighted by Crippen LogP contribution is -2.05. The Morgan fingerprint density at radius 2 is 1.73 bits per heavy atom. The van der Waals surface area contributed by atoms with Crippen LogP contribution >= 0.6 is 11.6 Å². The van der Waals surface area contributed by atoms with Crippen LogP contribution in [0.2, 0.25) is 0 Å². The summed E-state index contributed by atoms with van der Waals surface area (Å²) in [4.78, 5) is 24.3. The number of halogens is 1. The number of alkyl halides is 1. The van der Waals surface area contributed by atoms with Gasteiger partial charge in [0.1, 0.15) is 0 Å². The molecule has 0 spiro atoms. The topological polar surface area (TPSA) is 39.1 Å². The SMILES string of the molecule is Cn1cc(C(=O)c2ccc3ccccc3c2)cc1C(=O)CCl. The van der Waals surface area contributed by atoms with E-state index in [0.717, 1.165) is 10.8 Å². The van der Waals surface area contributed by atoms with Gasteiger partial charge in [-0.3, -0.25) is 9.59 Å². The smallest absolute Gasteiger partial charge is 0.194 e. The summed E-state index contributed by atoms with van der Waals surface area (Å²) in [5, 5.41) is 2.10. The number of aryl methyl sites for hydroxylation is 1. The molecule has 1 aromatic heterocycles. The van der Waals surface area contributed by atoms with Gasteiger partial charge >= 0.3 is 0 Å². The number of carbonyl (C=O) groups is 2. The third-order valence-electron chi connectivity index (χ3n) is 3.69. The van der Waals surface area contributed by atoms with Crippen LogP contribution in [0.5, 0.6) is 0 Å². The molecule has 0 aliphatic carbocycles. The molecule has 4 heteroatoms. The van der Waals surface area contributed by atoms with Gasteiger partial charge < -0.3 is 4.57 Å². The Morgan fingerprint density at radius 3 is 2.45 bits per heavy atom. The molecule has 22 heavy (non-hydrogen) atoms. The van der Waals surface area contributed by atoms with Crippen LogP contribution in [0.3, 0.4) is 0 Å². The lowest BCUT2D eigenvalue weighted by molar-refractivity contribution is 0.101. The van der Waals surface area contributed by atoms with Crippen molar-refractivity contribution in [2.75, 3.05) is 5.88 Å². The number of hydrogen-bond donors (Lipinski definition) is 0. The van der Waals surface area contributed by atoms with Crippen molar-refractivity contribution in [1.82, 2.24) is 4.57 Å². The Balaban J connectivity index is 2.00. The predicted octanol–water partition coefficient (Wildman–Crippen LogP) is 3.83. The van der Waals surface area contributed by atoms with Crippen LogP contribution in [0, 0.1) is 0 Å². The van der Waals surface area contributed by atoms with Gasteiger partial charge in [0.05, 0.1) is 11.6 Å². The Kier molecular flexibility index (Phi) is 3.82. The van der Waals surface area contributed by atoms with Gasteiger partial charge in [-0.15, -0.1) is 11.6 Å². The molecule has 0 radical (unpaired) electrons. The van der Waals surface area contributed by atoms with Crippen molar-refractivity contribution in [1.29, 1.82) is 0 Å². The van der Waals surface area contributed by atoms with E-state index in [1.807, 2.05) is 36.4 Å². The van der Waals surface area contributed by atoms with Crippen LogP contribution in [0.15, 0.2) is 54.7 Å². The van der Waals surface area contributed by atoms with E-state index in [1.165, 1.54) is 0 Å². The highest BCUT2D eigenvalue weighted by molar-refractivity contribution is 6.30. The van der Waals surface area contributed by atoms with E-state index in [2.05, 4.69) is 0 Å². The number of benzene rings is 2. The zero-order chi connectivity index (χ0) is 15.7. The van der Waals surface area contributed by atoms with Crippen LogP contribution < -0.4 is 0 Å². The molecule has 0 aliphatic rings. The largest absolute Gasteiger partial charge is 0.347 e. The fourth-order valence-corrected chi connectivity index (χ4v) is 2.67. The average Bonchev–Trinajstić information content (AvgIpc) is 2.94. The molecule has 0 saturated carbocycles. The number of ketones is 2. The van der Waals surface area contributed by atoms with Gasteiger partial charge in [0.15, 0.2) is 11.6 Å². The van der Waals surface area contributed by atoms with Crippen LogP contribution in [0.25, 0.3) is 10.8 Å². The maximum Gasteiger partial charge on any atom is 0.194 e. The quantitative estimate of drug-likeness (QED) is 0.542. The molecule has 0 saturated heterocycles. The molecule has 0 aliphatic heterocycles. The first-order chi connectivity index (χ1) is 10.6. The lowest BCUT2D eigenvalue weighted by Gasteiger charge is -2.01. The summed E-state index contributed by atoms with van der Waals surface area (Å²) in [5.74, 6) is -0.390. The van der Waals surface area contributed by atoms with Gasteiger partial charge in [-0.05, 0) is 22.9 Å². The molecule has 0 unspecified atom stereocenters. The van der Waals surface area contributed by atoms with Crippen molar-refractivity contribution in [2.24, 2.45) is 7.05 Å². The minimum atomic E-state index is -0.193. The molecule has 0 amide bonds. The zero-order valence-corrected chi connectivity index (χ0v) is 12.8. The number of rotatable bonds is 4. The summed E-state index contributed by atoms with van der Waals surface area (Å²) in [6, 6.07) is 15.1. The number of nitrogens with zero attached hydrogens (tertiary/aromatic N) is 1. The van der Waals surface area contributed by atoms with E-state index >= 15 is 0 Å². The van der Waals surface area contributed by atoms with Crippen LogP contribution in [0.4, 0.5) is 0 Å². The third-order valence-corrected chi connectivity index (χ3v) is 3.93. The minimum Gasteiger partial charge on any atom is -0.347 e. The molecule has 3 aromatic rings. The minimum absolute atomic E-state index is 0.0958. The van der Waals surface area contributed by atoms with Gasteiger partial charge in [-0.25, -0.2) is 0 Å². The number of hydrogen-bond acceptors (Lipinski definition) is 2. The zero-order valence-electron chi connectivity index (χ0n) is 12.0. The van der Waals surface area contributed by atoms with Gasteiger partial charge in [0.2, 0.25) is 0 Å². The highest BCUT2D eigenvalue weighted by atomic mass is 35.5. The second-order valence-corrected chi connectivity index (χ2v) is 5.44. The van der Waals surface area contributed by atoms with Crippen molar-refractivity contribution < 1.29 is 9.59 Å². The molecule has 2 aromatic carbocycles. The first-order valence-electron chi connectivity index (χ1n) is 6.89.